The zero-order valence-corrected chi connectivity index (χ0v) is 18.7. The normalized spacial score (nSPS) is 15.4. The van der Waals surface area contributed by atoms with Crippen molar-refractivity contribution in [3.05, 3.63) is 75.3 Å². The number of H-pyrrole nitrogens is 1. The average Bonchev–Trinajstić information content (AvgIpc) is 3.14. The molecule has 0 aliphatic carbocycles. The Labute approximate surface area is 197 Å². The predicted molar refractivity (Wildman–Crippen MR) is 123 cm³/mol. The number of alkyl halides is 3. The molecule has 1 N–H and O–H groups in total. The highest BCUT2D eigenvalue weighted by atomic mass is 35.5. The third-order valence-corrected chi connectivity index (χ3v) is 6.69. The summed E-state index contributed by atoms with van der Waals surface area (Å²) in [6.45, 7) is 0.674. The molecule has 34 heavy (non-hydrogen) atoms. The van der Waals surface area contributed by atoms with E-state index >= 15 is 0 Å². The van der Waals surface area contributed by atoms with Crippen LogP contribution in [0.5, 0.6) is 0 Å². The highest BCUT2D eigenvalue weighted by molar-refractivity contribution is 6.32. The first kappa shape index (κ1) is 22.5. The number of benzene rings is 2. The van der Waals surface area contributed by atoms with E-state index in [1.807, 2.05) is 18.2 Å². The molecule has 1 saturated heterocycles. The van der Waals surface area contributed by atoms with Crippen molar-refractivity contribution < 1.29 is 18.0 Å². The number of carbonyl (C=O) groups excluding carboxylic acids is 1. The molecule has 1 aliphatic rings. The van der Waals surface area contributed by atoms with Gasteiger partial charge in [0, 0.05) is 35.7 Å². The zero-order valence-electron chi connectivity index (χ0n) is 17.9. The van der Waals surface area contributed by atoms with E-state index in [-0.39, 0.29) is 23.4 Å². The molecule has 0 bridgehead atoms. The zero-order chi connectivity index (χ0) is 24.0. The monoisotopic (exact) mass is 488 g/mol. The first-order valence-electron chi connectivity index (χ1n) is 10.8. The number of amides is 1. The molecule has 0 radical (unpaired) electrons. The van der Waals surface area contributed by atoms with E-state index in [4.69, 9.17) is 11.6 Å². The van der Waals surface area contributed by atoms with Crippen molar-refractivity contribution in [1.29, 1.82) is 0 Å². The number of piperidine rings is 1. The fourth-order valence-corrected chi connectivity index (χ4v) is 4.91. The van der Waals surface area contributed by atoms with Crippen molar-refractivity contribution in [2.24, 2.45) is 0 Å². The Morgan fingerprint density at radius 2 is 1.91 bits per heavy atom. The number of nitrogens with zero attached hydrogens (tertiary/aromatic N) is 3. The summed E-state index contributed by atoms with van der Waals surface area (Å²) < 4.78 is 41.9. The molecule has 3 heterocycles. The van der Waals surface area contributed by atoms with Crippen molar-refractivity contribution in [2.75, 3.05) is 13.1 Å². The van der Waals surface area contributed by atoms with Gasteiger partial charge in [0.1, 0.15) is 0 Å². The molecule has 6 nitrogen and oxygen atoms in total. The lowest BCUT2D eigenvalue weighted by molar-refractivity contribution is -0.136. The van der Waals surface area contributed by atoms with Gasteiger partial charge in [0.2, 0.25) is 5.91 Å². The Hall–Kier alpha value is -3.33. The first-order chi connectivity index (χ1) is 16.2. The van der Waals surface area contributed by atoms with Crippen LogP contribution in [0.1, 0.15) is 30.0 Å². The Balaban J connectivity index is 1.34. The van der Waals surface area contributed by atoms with Gasteiger partial charge in [-0.3, -0.25) is 14.3 Å². The number of para-hydroxylation sites is 1. The molecule has 0 unspecified atom stereocenters. The summed E-state index contributed by atoms with van der Waals surface area (Å²) in [5.41, 5.74) is 0.0271. The second-order valence-corrected chi connectivity index (χ2v) is 8.84. The number of pyridine rings is 1. The van der Waals surface area contributed by atoms with Crippen LogP contribution in [0.15, 0.2) is 53.5 Å². The summed E-state index contributed by atoms with van der Waals surface area (Å²) in [4.78, 5) is 34.0. The number of hydrogen-bond donors (Lipinski definition) is 1. The second-order valence-electron chi connectivity index (χ2n) is 8.43. The van der Waals surface area contributed by atoms with E-state index in [1.54, 1.807) is 17.2 Å². The van der Waals surface area contributed by atoms with Gasteiger partial charge in [0.05, 0.1) is 28.5 Å². The molecule has 10 heteroatoms. The fourth-order valence-electron chi connectivity index (χ4n) is 4.68. The molecule has 4 aromatic rings. The molecule has 2 aromatic heterocycles. The Morgan fingerprint density at radius 3 is 2.65 bits per heavy atom. The number of imidazole rings is 1. The van der Waals surface area contributed by atoms with Crippen LogP contribution in [0.4, 0.5) is 13.2 Å². The molecule has 5 rings (SSSR count). The van der Waals surface area contributed by atoms with E-state index in [0.29, 0.717) is 36.5 Å². The molecule has 2 aromatic carbocycles. The number of aromatic amines is 1. The number of hydrogen-bond acceptors (Lipinski definition) is 3. The lowest BCUT2D eigenvalue weighted by Crippen LogP contribution is -2.41. The van der Waals surface area contributed by atoms with E-state index in [2.05, 4.69) is 9.97 Å². The van der Waals surface area contributed by atoms with Crippen molar-refractivity contribution >= 4 is 39.4 Å². The summed E-state index contributed by atoms with van der Waals surface area (Å²) in [5.74, 6) is -0.120. The average molecular weight is 489 g/mol. The van der Waals surface area contributed by atoms with Gasteiger partial charge >= 0.3 is 11.9 Å². The highest BCUT2D eigenvalue weighted by Gasteiger charge is 2.36. The molecule has 0 saturated carbocycles. The maximum absolute atomic E-state index is 13.6. The van der Waals surface area contributed by atoms with Gasteiger partial charge < -0.3 is 9.88 Å². The van der Waals surface area contributed by atoms with Gasteiger partial charge in [-0.15, -0.1) is 0 Å². The van der Waals surface area contributed by atoms with Crippen LogP contribution < -0.4 is 5.69 Å². The summed E-state index contributed by atoms with van der Waals surface area (Å²) >= 11 is 6.36. The van der Waals surface area contributed by atoms with Crippen molar-refractivity contribution in [3.8, 4) is 0 Å². The SMILES string of the molecule is O=C(Cc1cc2cccnc2cc1Cl)N1CCC(n2c(=O)[nH]c3cccc(C(F)(F)F)c32)CC1. The van der Waals surface area contributed by atoms with Crippen molar-refractivity contribution in [1.82, 2.24) is 19.4 Å². The molecule has 176 valence electrons. The number of nitrogens with one attached hydrogen (secondary N) is 1. The van der Waals surface area contributed by atoms with Crippen LogP contribution in [0, 0.1) is 0 Å². The molecule has 1 aliphatic heterocycles. The smallest absolute Gasteiger partial charge is 0.342 e. The standard InChI is InChI=1S/C24H20ClF3N4O2/c25-18-13-20-14(3-2-8-29-20)11-15(18)12-21(33)31-9-6-16(7-10-31)32-22-17(24(26,27)28)4-1-5-19(22)30-23(32)34/h1-5,8,11,13,16H,6-7,9-10,12H2,(H,30,34). The van der Waals surface area contributed by atoms with Crippen LogP contribution in [0.3, 0.4) is 0 Å². The van der Waals surface area contributed by atoms with Gasteiger partial charge in [0.15, 0.2) is 0 Å². The number of carbonyl (C=O) groups is 1. The molecule has 1 amide bonds. The lowest BCUT2D eigenvalue weighted by Gasteiger charge is -2.33. The largest absolute Gasteiger partial charge is 0.418 e. The molecule has 0 spiro atoms. The third kappa shape index (κ3) is 4.04. The quantitative estimate of drug-likeness (QED) is 0.443. The maximum Gasteiger partial charge on any atom is 0.418 e. The number of halogens is 4. The van der Waals surface area contributed by atoms with Gasteiger partial charge in [-0.05, 0) is 48.7 Å². The maximum atomic E-state index is 13.6. The van der Waals surface area contributed by atoms with Crippen LogP contribution in [0.25, 0.3) is 21.9 Å². The van der Waals surface area contributed by atoms with Crippen LogP contribution >= 0.6 is 11.6 Å². The van der Waals surface area contributed by atoms with Gasteiger partial charge in [0.25, 0.3) is 0 Å². The van der Waals surface area contributed by atoms with E-state index in [1.165, 1.54) is 16.7 Å². The minimum atomic E-state index is -4.58. The Bertz CT molecular complexity index is 1450. The third-order valence-electron chi connectivity index (χ3n) is 6.34. The summed E-state index contributed by atoms with van der Waals surface area (Å²) in [7, 11) is 0. The van der Waals surface area contributed by atoms with E-state index in [9.17, 15) is 22.8 Å². The Kier molecular flexibility index (Phi) is 5.59. The molecular formula is C24H20ClF3N4O2. The van der Waals surface area contributed by atoms with E-state index < -0.39 is 23.5 Å². The minimum Gasteiger partial charge on any atom is -0.342 e. The first-order valence-corrected chi connectivity index (χ1v) is 11.2. The van der Waals surface area contributed by atoms with Crippen LogP contribution in [-0.4, -0.2) is 38.4 Å². The number of likely N-dealkylation sites (tertiary alicyclic amines) is 1. The lowest BCUT2D eigenvalue weighted by atomic mass is 10.0. The second kappa shape index (κ2) is 8.47. The van der Waals surface area contributed by atoms with Crippen LogP contribution in [-0.2, 0) is 17.4 Å². The molecule has 1 fully saturated rings. The molecular weight excluding hydrogens is 469 g/mol. The topological polar surface area (TPSA) is 71.0 Å². The van der Waals surface area contributed by atoms with Crippen molar-refractivity contribution in [3.63, 3.8) is 0 Å². The fraction of sp³-hybridized carbons (Fsp3) is 0.292. The van der Waals surface area contributed by atoms with Crippen molar-refractivity contribution in [2.45, 2.75) is 31.5 Å². The van der Waals surface area contributed by atoms with E-state index in [0.717, 1.165) is 17.0 Å². The summed E-state index contributed by atoms with van der Waals surface area (Å²) in [5, 5.41) is 1.34. The predicted octanol–water partition coefficient (Wildman–Crippen LogP) is 4.96. The van der Waals surface area contributed by atoms with Gasteiger partial charge in [-0.2, -0.15) is 13.2 Å². The minimum absolute atomic E-state index is 0.111. The highest BCUT2D eigenvalue weighted by Crippen LogP contribution is 2.36. The van der Waals surface area contributed by atoms with Gasteiger partial charge in [-0.25, -0.2) is 4.79 Å². The summed E-state index contributed by atoms with van der Waals surface area (Å²) in [6.07, 6.45) is -2.05. The number of aromatic nitrogens is 3. The number of rotatable bonds is 3. The van der Waals surface area contributed by atoms with Crippen LogP contribution in [0.2, 0.25) is 5.02 Å². The molecule has 0 atom stereocenters. The number of fused-ring (bicyclic) bond motifs is 2. The van der Waals surface area contributed by atoms with Gasteiger partial charge in [-0.1, -0.05) is 23.7 Å². The summed E-state index contributed by atoms with van der Waals surface area (Å²) in [6, 6.07) is 10.6. The Morgan fingerprint density at radius 1 is 1.15 bits per heavy atom.